The van der Waals surface area contributed by atoms with Crippen LogP contribution in [0.2, 0.25) is 5.02 Å². The summed E-state index contributed by atoms with van der Waals surface area (Å²) in [5.41, 5.74) is 2.09. The molecule has 2 nitrogen and oxygen atoms in total. The monoisotopic (exact) mass is 281 g/mol. The third-order valence-electron chi connectivity index (χ3n) is 3.01. The van der Waals surface area contributed by atoms with Gasteiger partial charge in [0, 0.05) is 6.04 Å². The van der Waals surface area contributed by atoms with Gasteiger partial charge in [-0.2, -0.15) is 0 Å². The molecule has 0 bridgehead atoms. The highest BCUT2D eigenvalue weighted by molar-refractivity contribution is 6.30. The Hall–Kier alpha value is -1.32. The van der Waals surface area contributed by atoms with Crippen molar-refractivity contribution in [2.75, 3.05) is 6.54 Å². The topological polar surface area (TPSA) is 25.2 Å². The zero-order valence-electron chi connectivity index (χ0n) is 10.8. The van der Waals surface area contributed by atoms with Crippen molar-refractivity contribution < 1.29 is 8.81 Å². The van der Waals surface area contributed by atoms with Gasteiger partial charge >= 0.3 is 0 Å². The molecule has 0 aliphatic carbocycles. The van der Waals surface area contributed by atoms with Gasteiger partial charge in [0.05, 0.1) is 17.5 Å². The predicted octanol–water partition coefficient (Wildman–Crippen LogP) is 4.36. The minimum absolute atomic E-state index is 0.107. The Balaban J connectivity index is 2.18. The first kappa shape index (κ1) is 14.1. The van der Waals surface area contributed by atoms with Crippen LogP contribution in [-0.4, -0.2) is 6.54 Å². The lowest BCUT2D eigenvalue weighted by molar-refractivity contribution is 0.519. The summed E-state index contributed by atoms with van der Waals surface area (Å²) in [5.74, 6) is -0.386. The molecule has 1 atom stereocenters. The molecule has 1 aromatic heterocycles. The summed E-state index contributed by atoms with van der Waals surface area (Å²) in [6.45, 7) is 3.01. The molecular weight excluding hydrogens is 265 g/mol. The smallest absolute Gasteiger partial charge is 0.141 e. The van der Waals surface area contributed by atoms with Crippen LogP contribution in [-0.2, 0) is 6.42 Å². The van der Waals surface area contributed by atoms with E-state index in [2.05, 4.69) is 12.2 Å². The summed E-state index contributed by atoms with van der Waals surface area (Å²) in [7, 11) is 0. The molecular formula is C15H17ClFNO. The molecule has 0 fully saturated rings. The van der Waals surface area contributed by atoms with E-state index in [-0.39, 0.29) is 16.9 Å². The first-order valence-corrected chi connectivity index (χ1v) is 6.78. The number of nitrogens with one attached hydrogen (secondary N) is 1. The average Bonchev–Trinajstić information content (AvgIpc) is 2.91. The number of hydrogen-bond acceptors (Lipinski definition) is 2. The molecule has 2 aromatic rings. The maximum atomic E-state index is 13.2. The van der Waals surface area contributed by atoms with Gasteiger partial charge in [0.2, 0.25) is 0 Å². The molecule has 0 radical (unpaired) electrons. The standard InChI is InChI=1S/C15H17ClFNO/c1-2-6-18-15(8-11-5-7-19-10-11)12-3-4-14(17)13(16)9-12/h3-5,7,9-10,15,18H,2,6,8H2,1H3. The van der Waals surface area contributed by atoms with E-state index in [1.54, 1.807) is 24.7 Å². The largest absolute Gasteiger partial charge is 0.472 e. The Morgan fingerprint density at radius 1 is 1.37 bits per heavy atom. The third kappa shape index (κ3) is 3.82. The third-order valence-corrected chi connectivity index (χ3v) is 3.30. The molecule has 0 saturated carbocycles. The second-order valence-corrected chi connectivity index (χ2v) is 4.92. The van der Waals surface area contributed by atoms with Gasteiger partial charge in [-0.05, 0) is 48.7 Å². The molecule has 1 heterocycles. The van der Waals surface area contributed by atoms with Gasteiger partial charge in [0.25, 0.3) is 0 Å². The predicted molar refractivity (Wildman–Crippen MR) is 74.9 cm³/mol. The van der Waals surface area contributed by atoms with Crippen molar-refractivity contribution in [2.45, 2.75) is 25.8 Å². The van der Waals surface area contributed by atoms with E-state index >= 15 is 0 Å². The maximum absolute atomic E-state index is 13.2. The van der Waals surface area contributed by atoms with E-state index in [0.29, 0.717) is 0 Å². The van der Waals surface area contributed by atoms with Crippen molar-refractivity contribution in [2.24, 2.45) is 0 Å². The number of furan rings is 1. The van der Waals surface area contributed by atoms with Crippen LogP contribution in [0.5, 0.6) is 0 Å². The molecule has 0 spiro atoms. The van der Waals surface area contributed by atoms with E-state index < -0.39 is 0 Å². The summed E-state index contributed by atoms with van der Waals surface area (Å²) >= 11 is 5.85. The van der Waals surface area contributed by atoms with Crippen LogP contribution in [0.25, 0.3) is 0 Å². The zero-order valence-corrected chi connectivity index (χ0v) is 11.6. The van der Waals surface area contributed by atoms with Gasteiger partial charge in [0.1, 0.15) is 5.82 Å². The fraction of sp³-hybridized carbons (Fsp3) is 0.333. The van der Waals surface area contributed by atoms with Crippen LogP contribution in [0.1, 0.15) is 30.5 Å². The van der Waals surface area contributed by atoms with Gasteiger partial charge in [-0.15, -0.1) is 0 Å². The Kier molecular flexibility index (Phi) is 5.00. The summed E-state index contributed by atoms with van der Waals surface area (Å²) in [6, 6.07) is 6.91. The fourth-order valence-corrected chi connectivity index (χ4v) is 2.19. The first-order chi connectivity index (χ1) is 9.20. The minimum Gasteiger partial charge on any atom is -0.472 e. The van der Waals surface area contributed by atoms with Crippen LogP contribution in [0.3, 0.4) is 0 Å². The number of benzene rings is 1. The van der Waals surface area contributed by atoms with Crippen molar-refractivity contribution in [1.29, 1.82) is 0 Å². The summed E-state index contributed by atoms with van der Waals surface area (Å²) in [5, 5.41) is 3.61. The minimum atomic E-state index is -0.386. The first-order valence-electron chi connectivity index (χ1n) is 6.40. The molecule has 4 heteroatoms. The lowest BCUT2D eigenvalue weighted by atomic mass is 10.0. The lowest BCUT2D eigenvalue weighted by Gasteiger charge is -2.18. The molecule has 0 aliphatic rings. The Bertz CT molecular complexity index is 513. The highest BCUT2D eigenvalue weighted by atomic mass is 35.5. The SMILES string of the molecule is CCCNC(Cc1ccoc1)c1ccc(F)c(Cl)c1. The number of hydrogen-bond donors (Lipinski definition) is 1. The van der Waals surface area contributed by atoms with Crippen molar-refractivity contribution in [1.82, 2.24) is 5.32 Å². The summed E-state index contributed by atoms with van der Waals surface area (Å²) < 4.78 is 18.3. The highest BCUT2D eigenvalue weighted by Crippen LogP contribution is 2.23. The second kappa shape index (κ2) is 6.73. The Labute approximate surface area is 117 Å². The van der Waals surface area contributed by atoms with Gasteiger partial charge in [-0.1, -0.05) is 24.6 Å². The molecule has 102 valence electrons. The van der Waals surface area contributed by atoms with E-state index in [0.717, 1.165) is 30.5 Å². The maximum Gasteiger partial charge on any atom is 0.141 e. The number of rotatable bonds is 6. The molecule has 1 N–H and O–H groups in total. The van der Waals surface area contributed by atoms with Crippen LogP contribution >= 0.6 is 11.6 Å². The van der Waals surface area contributed by atoms with Crippen LogP contribution in [0.4, 0.5) is 4.39 Å². The zero-order chi connectivity index (χ0) is 13.7. The molecule has 0 saturated heterocycles. The lowest BCUT2D eigenvalue weighted by Crippen LogP contribution is -2.24. The molecule has 1 aromatic carbocycles. The van der Waals surface area contributed by atoms with Gasteiger partial charge in [-0.25, -0.2) is 4.39 Å². The van der Waals surface area contributed by atoms with E-state index in [1.807, 2.05) is 6.07 Å². The van der Waals surface area contributed by atoms with Crippen molar-refractivity contribution >= 4 is 11.6 Å². The van der Waals surface area contributed by atoms with Crippen molar-refractivity contribution in [3.8, 4) is 0 Å². The summed E-state index contributed by atoms with van der Waals surface area (Å²) in [4.78, 5) is 0. The molecule has 0 amide bonds. The van der Waals surface area contributed by atoms with Crippen molar-refractivity contribution in [3.63, 3.8) is 0 Å². The van der Waals surface area contributed by atoms with Crippen molar-refractivity contribution in [3.05, 3.63) is 58.8 Å². The van der Waals surface area contributed by atoms with Crippen LogP contribution in [0, 0.1) is 5.82 Å². The van der Waals surface area contributed by atoms with Gasteiger partial charge in [-0.3, -0.25) is 0 Å². The van der Waals surface area contributed by atoms with E-state index in [4.69, 9.17) is 16.0 Å². The van der Waals surface area contributed by atoms with Crippen LogP contribution in [0.15, 0.2) is 41.2 Å². The second-order valence-electron chi connectivity index (χ2n) is 4.52. The van der Waals surface area contributed by atoms with E-state index in [1.165, 1.54) is 6.07 Å². The van der Waals surface area contributed by atoms with Gasteiger partial charge < -0.3 is 9.73 Å². The quantitative estimate of drug-likeness (QED) is 0.851. The Morgan fingerprint density at radius 3 is 2.84 bits per heavy atom. The van der Waals surface area contributed by atoms with E-state index in [9.17, 15) is 4.39 Å². The van der Waals surface area contributed by atoms with Gasteiger partial charge in [0.15, 0.2) is 0 Å². The van der Waals surface area contributed by atoms with Crippen LogP contribution < -0.4 is 5.32 Å². The summed E-state index contributed by atoms with van der Waals surface area (Å²) in [6.07, 6.45) is 5.21. The number of halogens is 2. The fourth-order valence-electron chi connectivity index (χ4n) is 2.00. The molecule has 0 aliphatic heterocycles. The molecule has 1 unspecified atom stereocenters. The highest BCUT2D eigenvalue weighted by Gasteiger charge is 2.14. The average molecular weight is 282 g/mol. The molecule has 19 heavy (non-hydrogen) atoms. The molecule has 2 rings (SSSR count). The normalized spacial score (nSPS) is 12.6. The Morgan fingerprint density at radius 2 is 2.21 bits per heavy atom.